The molecule has 7 heteroatoms. The number of amides is 1. The lowest BCUT2D eigenvalue weighted by Gasteiger charge is -2.06. The van der Waals surface area contributed by atoms with Crippen molar-refractivity contribution in [3.63, 3.8) is 0 Å². The van der Waals surface area contributed by atoms with Gasteiger partial charge in [0.05, 0.1) is 5.52 Å². The highest BCUT2D eigenvalue weighted by Crippen LogP contribution is 2.25. The van der Waals surface area contributed by atoms with Crippen molar-refractivity contribution in [3.05, 3.63) is 53.5 Å². The SMILES string of the molecule is Cc1[nH]c2c(F)cc(F)cc2c1CCNC(=O)CCCn1cccn1. The minimum Gasteiger partial charge on any atom is -0.356 e. The number of nitrogens with one attached hydrogen (secondary N) is 2. The number of carbonyl (C=O) groups excluding carboxylic acids is 1. The summed E-state index contributed by atoms with van der Waals surface area (Å²) in [5.41, 5.74) is 1.91. The zero-order valence-electron chi connectivity index (χ0n) is 14.0. The van der Waals surface area contributed by atoms with Crippen molar-refractivity contribution < 1.29 is 13.6 Å². The Morgan fingerprint density at radius 2 is 2.20 bits per heavy atom. The molecule has 0 saturated heterocycles. The van der Waals surface area contributed by atoms with E-state index < -0.39 is 11.6 Å². The summed E-state index contributed by atoms with van der Waals surface area (Å²) < 4.78 is 29.0. The molecule has 0 fully saturated rings. The summed E-state index contributed by atoms with van der Waals surface area (Å²) in [6, 6.07) is 4.03. The molecular formula is C18H20F2N4O. The number of aromatic nitrogens is 3. The monoisotopic (exact) mass is 346 g/mol. The Morgan fingerprint density at radius 1 is 1.36 bits per heavy atom. The van der Waals surface area contributed by atoms with Gasteiger partial charge in [-0.3, -0.25) is 9.48 Å². The first kappa shape index (κ1) is 17.1. The third kappa shape index (κ3) is 4.04. The average Bonchev–Trinajstić information content (AvgIpc) is 3.17. The molecule has 0 aliphatic carbocycles. The molecule has 0 aliphatic heterocycles. The summed E-state index contributed by atoms with van der Waals surface area (Å²) in [5, 5.41) is 7.46. The largest absolute Gasteiger partial charge is 0.356 e. The van der Waals surface area contributed by atoms with Gasteiger partial charge in [-0.1, -0.05) is 0 Å². The molecule has 0 aliphatic rings. The number of carbonyl (C=O) groups is 1. The van der Waals surface area contributed by atoms with E-state index in [4.69, 9.17) is 0 Å². The molecule has 5 nitrogen and oxygen atoms in total. The first-order valence-corrected chi connectivity index (χ1v) is 8.25. The number of benzene rings is 1. The number of hydrogen-bond acceptors (Lipinski definition) is 2. The fourth-order valence-corrected chi connectivity index (χ4v) is 2.98. The number of halogens is 2. The van der Waals surface area contributed by atoms with Gasteiger partial charge in [-0.25, -0.2) is 8.78 Å². The van der Waals surface area contributed by atoms with Crippen LogP contribution in [0.4, 0.5) is 8.78 Å². The molecule has 0 unspecified atom stereocenters. The van der Waals surface area contributed by atoms with Crippen LogP contribution in [0.1, 0.15) is 24.1 Å². The van der Waals surface area contributed by atoms with E-state index in [1.807, 2.05) is 19.2 Å². The second-order valence-electron chi connectivity index (χ2n) is 6.01. The Hall–Kier alpha value is -2.70. The van der Waals surface area contributed by atoms with Crippen LogP contribution in [0.5, 0.6) is 0 Å². The maximum absolute atomic E-state index is 13.8. The van der Waals surface area contributed by atoms with Crippen molar-refractivity contribution in [2.75, 3.05) is 6.54 Å². The molecule has 2 heterocycles. The van der Waals surface area contributed by atoms with Crippen LogP contribution in [-0.4, -0.2) is 27.2 Å². The van der Waals surface area contributed by atoms with E-state index in [9.17, 15) is 13.6 Å². The lowest BCUT2D eigenvalue weighted by molar-refractivity contribution is -0.121. The Morgan fingerprint density at radius 3 is 2.96 bits per heavy atom. The van der Waals surface area contributed by atoms with Crippen molar-refractivity contribution in [2.24, 2.45) is 0 Å². The molecule has 0 saturated carbocycles. The highest BCUT2D eigenvalue weighted by molar-refractivity contribution is 5.85. The average molecular weight is 346 g/mol. The number of H-pyrrole nitrogens is 1. The second-order valence-corrected chi connectivity index (χ2v) is 6.01. The highest BCUT2D eigenvalue weighted by Gasteiger charge is 2.13. The Labute approximate surface area is 144 Å². The van der Waals surface area contributed by atoms with Gasteiger partial charge in [0.2, 0.25) is 5.91 Å². The van der Waals surface area contributed by atoms with Gasteiger partial charge in [-0.15, -0.1) is 0 Å². The van der Waals surface area contributed by atoms with Crippen LogP contribution in [0.2, 0.25) is 0 Å². The number of aromatic amines is 1. The number of fused-ring (bicyclic) bond motifs is 1. The van der Waals surface area contributed by atoms with Crippen LogP contribution in [-0.2, 0) is 17.8 Å². The van der Waals surface area contributed by atoms with E-state index in [-0.39, 0.29) is 5.91 Å². The maximum Gasteiger partial charge on any atom is 0.220 e. The minimum atomic E-state index is -0.605. The Balaban J connectivity index is 1.52. The molecule has 132 valence electrons. The molecule has 25 heavy (non-hydrogen) atoms. The number of aryl methyl sites for hydroxylation is 2. The molecular weight excluding hydrogens is 326 g/mol. The predicted molar refractivity (Wildman–Crippen MR) is 91.1 cm³/mol. The molecule has 0 radical (unpaired) electrons. The van der Waals surface area contributed by atoms with Gasteiger partial charge in [-0.05, 0) is 37.5 Å². The van der Waals surface area contributed by atoms with Crippen molar-refractivity contribution in [3.8, 4) is 0 Å². The van der Waals surface area contributed by atoms with Gasteiger partial charge in [0.25, 0.3) is 0 Å². The van der Waals surface area contributed by atoms with Crippen molar-refractivity contribution in [1.29, 1.82) is 0 Å². The lowest BCUT2D eigenvalue weighted by Crippen LogP contribution is -2.25. The van der Waals surface area contributed by atoms with Crippen LogP contribution in [0.3, 0.4) is 0 Å². The van der Waals surface area contributed by atoms with E-state index in [2.05, 4.69) is 15.4 Å². The van der Waals surface area contributed by atoms with Gasteiger partial charge in [0.15, 0.2) is 0 Å². The van der Waals surface area contributed by atoms with E-state index in [0.29, 0.717) is 43.3 Å². The topological polar surface area (TPSA) is 62.7 Å². The van der Waals surface area contributed by atoms with E-state index >= 15 is 0 Å². The number of rotatable bonds is 7. The molecule has 3 aromatic rings. The smallest absolute Gasteiger partial charge is 0.220 e. The molecule has 0 atom stereocenters. The fourth-order valence-electron chi connectivity index (χ4n) is 2.98. The van der Waals surface area contributed by atoms with E-state index in [1.54, 1.807) is 10.9 Å². The van der Waals surface area contributed by atoms with Crippen LogP contribution in [0, 0.1) is 18.6 Å². The molecule has 1 aromatic carbocycles. The van der Waals surface area contributed by atoms with Crippen LogP contribution in [0.15, 0.2) is 30.6 Å². The molecule has 0 spiro atoms. The van der Waals surface area contributed by atoms with Gasteiger partial charge >= 0.3 is 0 Å². The molecule has 2 aromatic heterocycles. The quantitative estimate of drug-likeness (QED) is 0.690. The van der Waals surface area contributed by atoms with Crippen LogP contribution in [0.25, 0.3) is 10.9 Å². The first-order valence-electron chi connectivity index (χ1n) is 8.25. The molecule has 1 amide bonds. The third-order valence-electron chi connectivity index (χ3n) is 4.19. The summed E-state index contributed by atoms with van der Waals surface area (Å²) in [6.45, 7) is 2.94. The van der Waals surface area contributed by atoms with Crippen LogP contribution >= 0.6 is 0 Å². The summed E-state index contributed by atoms with van der Waals surface area (Å²) in [6.07, 6.45) is 5.19. The van der Waals surface area contributed by atoms with Crippen molar-refractivity contribution in [2.45, 2.75) is 32.7 Å². The molecule has 0 bridgehead atoms. The number of nitrogens with zero attached hydrogens (tertiary/aromatic N) is 2. The molecule has 2 N–H and O–H groups in total. The zero-order valence-corrected chi connectivity index (χ0v) is 14.0. The maximum atomic E-state index is 13.8. The first-order chi connectivity index (χ1) is 12.0. The summed E-state index contributed by atoms with van der Waals surface area (Å²) in [5.74, 6) is -1.25. The fraction of sp³-hybridized carbons (Fsp3) is 0.333. The lowest BCUT2D eigenvalue weighted by atomic mass is 10.1. The van der Waals surface area contributed by atoms with Gasteiger partial charge in [-0.2, -0.15) is 5.10 Å². The molecule has 3 rings (SSSR count). The minimum absolute atomic E-state index is 0.0398. The highest BCUT2D eigenvalue weighted by atomic mass is 19.1. The van der Waals surface area contributed by atoms with E-state index in [1.165, 1.54) is 6.07 Å². The van der Waals surface area contributed by atoms with Crippen LogP contribution < -0.4 is 5.32 Å². The van der Waals surface area contributed by atoms with Crippen molar-refractivity contribution >= 4 is 16.8 Å². The van der Waals surface area contributed by atoms with Gasteiger partial charge < -0.3 is 10.3 Å². The zero-order chi connectivity index (χ0) is 17.8. The van der Waals surface area contributed by atoms with E-state index in [0.717, 1.165) is 17.3 Å². The summed E-state index contributed by atoms with van der Waals surface area (Å²) in [7, 11) is 0. The number of hydrogen-bond donors (Lipinski definition) is 2. The Kier molecular flexibility index (Phi) is 5.11. The normalized spacial score (nSPS) is 11.2. The van der Waals surface area contributed by atoms with Crippen molar-refractivity contribution in [1.82, 2.24) is 20.1 Å². The standard InChI is InChI=1S/C18H20F2N4O/c1-12-14(15-10-13(19)11-16(20)18(15)23-12)5-7-21-17(25)4-2-8-24-9-3-6-22-24/h3,6,9-11,23H,2,4-5,7-8H2,1H3,(H,21,25). The van der Waals surface area contributed by atoms with Gasteiger partial charge in [0.1, 0.15) is 11.6 Å². The summed E-state index contributed by atoms with van der Waals surface area (Å²) >= 11 is 0. The second kappa shape index (κ2) is 7.46. The third-order valence-corrected chi connectivity index (χ3v) is 4.19. The Bertz CT molecular complexity index is 871. The predicted octanol–water partition coefficient (Wildman–Crippen LogP) is 3.09. The van der Waals surface area contributed by atoms with Gasteiger partial charge in [0, 0.05) is 49.1 Å². The summed E-state index contributed by atoms with van der Waals surface area (Å²) in [4.78, 5) is 14.8.